The van der Waals surface area contributed by atoms with Crippen molar-refractivity contribution in [2.24, 2.45) is 0 Å². The molecule has 27 heavy (non-hydrogen) atoms. The zero-order chi connectivity index (χ0) is 19.2. The summed E-state index contributed by atoms with van der Waals surface area (Å²) >= 11 is 6.10. The van der Waals surface area contributed by atoms with Crippen LogP contribution >= 0.6 is 11.6 Å². The van der Waals surface area contributed by atoms with Gasteiger partial charge in [-0.1, -0.05) is 48.0 Å². The minimum atomic E-state index is -3.22. The Labute approximate surface area is 164 Å². The van der Waals surface area contributed by atoms with Crippen molar-refractivity contribution in [1.82, 2.24) is 4.90 Å². The van der Waals surface area contributed by atoms with E-state index in [0.717, 1.165) is 5.56 Å². The van der Waals surface area contributed by atoms with E-state index in [2.05, 4.69) is 0 Å². The van der Waals surface area contributed by atoms with Crippen molar-refractivity contribution in [3.8, 4) is 0 Å². The van der Waals surface area contributed by atoms with Crippen LogP contribution in [0.4, 0.5) is 5.69 Å². The predicted octanol–water partition coefficient (Wildman–Crippen LogP) is 2.92. The van der Waals surface area contributed by atoms with Crippen LogP contribution in [-0.4, -0.2) is 49.4 Å². The van der Waals surface area contributed by atoms with Crippen molar-refractivity contribution in [2.45, 2.75) is 25.0 Å². The zero-order valence-corrected chi connectivity index (χ0v) is 16.5. The van der Waals surface area contributed by atoms with Crippen molar-refractivity contribution in [3.05, 3.63) is 65.2 Å². The molecule has 2 saturated heterocycles. The van der Waals surface area contributed by atoms with Gasteiger partial charge in [-0.3, -0.25) is 9.69 Å². The summed E-state index contributed by atoms with van der Waals surface area (Å²) < 4.78 is 24.9. The van der Waals surface area contributed by atoms with E-state index in [-0.39, 0.29) is 36.0 Å². The molecule has 0 unspecified atom stereocenters. The van der Waals surface area contributed by atoms with E-state index in [0.29, 0.717) is 10.7 Å². The number of carbonyl (C=O) groups is 1. The first-order valence-corrected chi connectivity index (χ1v) is 11.1. The van der Waals surface area contributed by atoms with Crippen molar-refractivity contribution < 1.29 is 13.2 Å². The van der Waals surface area contributed by atoms with Crippen molar-refractivity contribution >= 4 is 33.0 Å². The molecule has 2 aliphatic heterocycles. The molecule has 2 heterocycles. The lowest BCUT2D eigenvalue weighted by molar-refractivity contribution is -0.124. The lowest BCUT2D eigenvalue weighted by atomic mass is 9.98. The van der Waals surface area contributed by atoms with Crippen molar-refractivity contribution in [2.75, 3.05) is 23.0 Å². The molecule has 4 rings (SSSR count). The first-order valence-electron chi connectivity index (χ1n) is 8.94. The van der Waals surface area contributed by atoms with Gasteiger partial charge in [-0.15, -0.1) is 0 Å². The molecule has 2 fully saturated rings. The van der Waals surface area contributed by atoms with E-state index in [1.54, 1.807) is 23.1 Å². The van der Waals surface area contributed by atoms with Crippen LogP contribution in [0, 0.1) is 0 Å². The van der Waals surface area contributed by atoms with Crippen LogP contribution in [0.3, 0.4) is 0 Å². The van der Waals surface area contributed by atoms with Crippen molar-refractivity contribution in [1.29, 1.82) is 0 Å². The number of hydrogen-bond acceptors (Lipinski definition) is 4. The van der Waals surface area contributed by atoms with Crippen LogP contribution in [0.1, 0.15) is 18.5 Å². The molecule has 0 spiro atoms. The normalized spacial score (nSPS) is 26.0. The number of sulfone groups is 1. The molecule has 0 bridgehead atoms. The highest BCUT2D eigenvalue weighted by Crippen LogP contribution is 2.36. The zero-order valence-electron chi connectivity index (χ0n) is 15.0. The maximum absolute atomic E-state index is 13.1. The maximum Gasteiger partial charge on any atom is 0.241 e. The quantitative estimate of drug-likeness (QED) is 0.789. The van der Waals surface area contributed by atoms with E-state index in [1.165, 1.54) is 0 Å². The van der Waals surface area contributed by atoms with Crippen LogP contribution in [0.25, 0.3) is 0 Å². The Bertz CT molecular complexity index is 964. The Kier molecular flexibility index (Phi) is 4.74. The number of halogens is 1. The van der Waals surface area contributed by atoms with E-state index < -0.39 is 15.9 Å². The minimum Gasteiger partial charge on any atom is -0.306 e. The minimum absolute atomic E-state index is 0.0199. The van der Waals surface area contributed by atoms with Gasteiger partial charge in [0.25, 0.3) is 0 Å². The monoisotopic (exact) mass is 404 g/mol. The number of anilines is 1. The van der Waals surface area contributed by atoms with Gasteiger partial charge in [0.2, 0.25) is 5.91 Å². The highest BCUT2D eigenvalue weighted by molar-refractivity contribution is 7.91. The lowest BCUT2D eigenvalue weighted by Gasteiger charge is -2.46. The van der Waals surface area contributed by atoms with Crippen LogP contribution in [0.2, 0.25) is 5.02 Å². The summed E-state index contributed by atoms with van der Waals surface area (Å²) in [5, 5.41) is 0.526. The number of hydrogen-bond donors (Lipinski definition) is 0. The Morgan fingerprint density at radius 1 is 1.04 bits per heavy atom. The van der Waals surface area contributed by atoms with E-state index in [1.807, 2.05) is 48.2 Å². The molecular weight excluding hydrogens is 384 g/mol. The molecule has 2 aromatic carbocycles. The molecule has 2 aromatic rings. The summed E-state index contributed by atoms with van der Waals surface area (Å²) in [4.78, 5) is 16.7. The predicted molar refractivity (Wildman–Crippen MR) is 107 cm³/mol. The molecule has 7 heteroatoms. The molecule has 5 nitrogen and oxygen atoms in total. The standard InChI is InChI=1S/C20H21ClN2O3S/c1-14(15-6-3-2-4-7-15)22-11-20(24)23(17-9-5-8-16(21)10-17)19-13-27(25,26)12-18(19)22/h2-10,14,18-19H,11-13H2,1H3/t14-,18+,19-/m1/s1. The molecule has 3 atom stereocenters. The Morgan fingerprint density at radius 3 is 2.44 bits per heavy atom. The summed E-state index contributed by atoms with van der Waals surface area (Å²) in [6, 6.07) is 16.3. The van der Waals surface area contributed by atoms with E-state index in [9.17, 15) is 13.2 Å². The summed E-state index contributed by atoms with van der Waals surface area (Å²) in [6.07, 6.45) is 0. The maximum atomic E-state index is 13.1. The first-order chi connectivity index (χ1) is 12.9. The van der Waals surface area contributed by atoms with Gasteiger partial charge in [-0.25, -0.2) is 8.42 Å². The smallest absolute Gasteiger partial charge is 0.241 e. The Balaban J connectivity index is 1.72. The first kappa shape index (κ1) is 18.5. The summed E-state index contributed by atoms with van der Waals surface area (Å²) in [5.41, 5.74) is 1.73. The van der Waals surface area contributed by atoms with Gasteiger partial charge in [0.05, 0.1) is 24.1 Å². The number of carbonyl (C=O) groups excluding carboxylic acids is 1. The number of fused-ring (bicyclic) bond motifs is 1. The van der Waals surface area contributed by atoms with Crippen LogP contribution in [0.15, 0.2) is 54.6 Å². The van der Waals surface area contributed by atoms with Gasteiger partial charge in [-0.05, 0) is 30.7 Å². The molecule has 0 aliphatic carbocycles. The van der Waals surface area contributed by atoms with Gasteiger partial charge in [-0.2, -0.15) is 0 Å². The average Bonchev–Trinajstić information content (AvgIpc) is 2.95. The molecule has 142 valence electrons. The number of amides is 1. The number of nitrogens with zero attached hydrogens (tertiary/aromatic N) is 2. The van der Waals surface area contributed by atoms with Gasteiger partial charge in [0.15, 0.2) is 9.84 Å². The molecule has 0 N–H and O–H groups in total. The Hall–Kier alpha value is -1.89. The second kappa shape index (κ2) is 6.93. The average molecular weight is 405 g/mol. The molecule has 0 aromatic heterocycles. The van der Waals surface area contributed by atoms with E-state index in [4.69, 9.17) is 11.6 Å². The van der Waals surface area contributed by atoms with Gasteiger partial charge < -0.3 is 4.90 Å². The van der Waals surface area contributed by atoms with Gasteiger partial charge in [0, 0.05) is 22.8 Å². The second-order valence-corrected chi connectivity index (χ2v) is 9.80. The number of benzene rings is 2. The van der Waals surface area contributed by atoms with Crippen LogP contribution in [0.5, 0.6) is 0 Å². The van der Waals surface area contributed by atoms with Crippen LogP contribution < -0.4 is 4.90 Å². The van der Waals surface area contributed by atoms with Crippen molar-refractivity contribution in [3.63, 3.8) is 0 Å². The second-order valence-electron chi connectivity index (χ2n) is 7.21. The topological polar surface area (TPSA) is 57.7 Å². The summed E-state index contributed by atoms with van der Waals surface area (Å²) in [7, 11) is -3.22. The van der Waals surface area contributed by atoms with Gasteiger partial charge in [0.1, 0.15) is 0 Å². The highest BCUT2D eigenvalue weighted by atomic mass is 35.5. The van der Waals surface area contributed by atoms with E-state index >= 15 is 0 Å². The molecule has 2 aliphatic rings. The molecular formula is C20H21ClN2O3S. The molecule has 0 saturated carbocycles. The number of rotatable bonds is 3. The fraction of sp³-hybridized carbons (Fsp3) is 0.350. The van der Waals surface area contributed by atoms with Crippen LogP contribution in [-0.2, 0) is 14.6 Å². The third kappa shape index (κ3) is 3.49. The third-order valence-corrected chi connectivity index (χ3v) is 7.44. The fourth-order valence-corrected chi connectivity index (χ4v) is 6.36. The fourth-order valence-electron chi connectivity index (χ4n) is 4.22. The Morgan fingerprint density at radius 2 is 1.74 bits per heavy atom. The number of piperazine rings is 1. The molecule has 1 amide bonds. The third-order valence-electron chi connectivity index (χ3n) is 5.50. The highest BCUT2D eigenvalue weighted by Gasteiger charge is 2.50. The SMILES string of the molecule is C[C@H](c1ccccc1)N1CC(=O)N(c2cccc(Cl)c2)[C@@H]2CS(=O)(=O)C[C@@H]21. The largest absolute Gasteiger partial charge is 0.306 e. The van der Waals surface area contributed by atoms with Gasteiger partial charge >= 0.3 is 0 Å². The summed E-state index contributed by atoms with van der Waals surface area (Å²) in [5.74, 6) is -0.0500. The molecule has 0 radical (unpaired) electrons. The summed E-state index contributed by atoms with van der Waals surface area (Å²) in [6.45, 7) is 2.21. The lowest BCUT2D eigenvalue weighted by Crippen LogP contribution is -2.62.